The first-order valence-corrected chi connectivity index (χ1v) is 2.75. The summed E-state index contributed by atoms with van der Waals surface area (Å²) in [7, 11) is 1.26. The van der Waals surface area contributed by atoms with Crippen molar-refractivity contribution >= 4 is 18.2 Å². The van der Waals surface area contributed by atoms with E-state index >= 15 is 0 Å². The number of carboxylic acids is 1. The molecule has 1 unspecified atom stereocenters. The van der Waals surface area contributed by atoms with Gasteiger partial charge in [0.05, 0.1) is 0 Å². The number of carbonyl (C=O) groups excluding carboxylic acids is 1. The molecule has 0 radical (unpaired) electrons. The van der Waals surface area contributed by atoms with E-state index in [4.69, 9.17) is 16.2 Å². The molecule has 0 amide bonds. The van der Waals surface area contributed by atoms with Crippen molar-refractivity contribution in [2.45, 2.75) is 6.04 Å². The Labute approximate surface area is 63.1 Å². The highest BCUT2D eigenvalue weighted by Crippen LogP contribution is 1.90. The molecule has 0 heterocycles. The van der Waals surface area contributed by atoms with Crippen LogP contribution in [0.15, 0.2) is 0 Å². The zero-order valence-electron chi connectivity index (χ0n) is 5.94. The fraction of sp³-hybridized carbons (Fsp3) is 0.400. The molecule has 0 fully saturated rings. The van der Waals surface area contributed by atoms with E-state index in [1.165, 1.54) is 7.05 Å². The molecule has 0 bridgehead atoms. The summed E-state index contributed by atoms with van der Waals surface area (Å²) >= 11 is 0. The van der Waals surface area contributed by atoms with Crippen LogP contribution >= 0.6 is 0 Å². The predicted molar refractivity (Wildman–Crippen MR) is 37.2 cm³/mol. The molecule has 0 saturated carbocycles. The molecule has 0 spiro atoms. The number of hydrogen-bond acceptors (Lipinski definition) is 3. The molecule has 0 aliphatic carbocycles. The van der Waals surface area contributed by atoms with Gasteiger partial charge >= 0.3 is 5.97 Å². The minimum Gasteiger partial charge on any atom is -0.479 e. The highest BCUT2D eigenvalue weighted by molar-refractivity contribution is 5.95. The van der Waals surface area contributed by atoms with Crippen molar-refractivity contribution in [1.29, 1.82) is 5.41 Å². The van der Waals surface area contributed by atoms with Gasteiger partial charge in [0.15, 0.2) is 18.3 Å². The van der Waals surface area contributed by atoms with E-state index in [1.807, 2.05) is 0 Å². The summed E-state index contributed by atoms with van der Waals surface area (Å²) < 4.78 is 0. The van der Waals surface area contributed by atoms with Crippen LogP contribution < -0.4 is 5.73 Å². The average molecular weight is 159 g/mol. The number of aldehydes is 1. The number of nitrogens with two attached hydrogens (primary N) is 1. The van der Waals surface area contributed by atoms with Gasteiger partial charge in [0.1, 0.15) is 0 Å². The van der Waals surface area contributed by atoms with Crippen LogP contribution in [0.2, 0.25) is 0 Å². The van der Waals surface area contributed by atoms with E-state index in [9.17, 15) is 9.59 Å². The molecule has 0 aromatic rings. The quantitative estimate of drug-likeness (QED) is 0.200. The second-order valence-corrected chi connectivity index (χ2v) is 1.92. The summed E-state index contributed by atoms with van der Waals surface area (Å²) in [6.07, 6.45) is 0.212. The van der Waals surface area contributed by atoms with E-state index in [-0.39, 0.29) is 6.29 Å². The van der Waals surface area contributed by atoms with Crippen LogP contribution in [0.25, 0.3) is 0 Å². The van der Waals surface area contributed by atoms with Crippen LogP contribution in [0.3, 0.4) is 0 Å². The van der Waals surface area contributed by atoms with Gasteiger partial charge in [-0.25, -0.2) is 4.79 Å². The molecule has 0 saturated heterocycles. The third kappa shape index (κ3) is 2.24. The minimum atomic E-state index is -1.37. The first kappa shape index (κ1) is 9.41. The van der Waals surface area contributed by atoms with Crippen molar-refractivity contribution in [3.05, 3.63) is 0 Å². The van der Waals surface area contributed by atoms with E-state index in [0.717, 1.165) is 4.90 Å². The van der Waals surface area contributed by atoms with Gasteiger partial charge in [0.2, 0.25) is 0 Å². The van der Waals surface area contributed by atoms with E-state index in [2.05, 4.69) is 0 Å². The van der Waals surface area contributed by atoms with Gasteiger partial charge in [0, 0.05) is 7.05 Å². The number of rotatable bonds is 3. The fourth-order valence-electron chi connectivity index (χ4n) is 0.465. The number of likely N-dealkylation sites (N-methyl/N-ethyl adjacent to an activating group) is 1. The Balaban J connectivity index is 4.37. The van der Waals surface area contributed by atoms with Crippen molar-refractivity contribution in [2.75, 3.05) is 7.05 Å². The standard InChI is InChI=1S/C5H9N3O3/c1-8(5(6)7)3(2-9)4(10)11/h2-3H,1H3,(H3,6,7)(H,10,11). The van der Waals surface area contributed by atoms with Gasteiger partial charge in [-0.3, -0.25) is 5.41 Å². The number of nitrogens with one attached hydrogen (secondary N) is 1. The van der Waals surface area contributed by atoms with Gasteiger partial charge in [-0.15, -0.1) is 0 Å². The van der Waals surface area contributed by atoms with Crippen LogP contribution in [0.1, 0.15) is 0 Å². The second-order valence-electron chi connectivity index (χ2n) is 1.92. The average Bonchev–Trinajstić information content (AvgIpc) is 1.88. The van der Waals surface area contributed by atoms with Gasteiger partial charge in [-0.05, 0) is 0 Å². The maximum absolute atomic E-state index is 10.3. The maximum Gasteiger partial charge on any atom is 0.333 e. The lowest BCUT2D eigenvalue weighted by Gasteiger charge is -2.19. The van der Waals surface area contributed by atoms with Gasteiger partial charge < -0.3 is 20.5 Å². The Bertz CT molecular complexity index is 191. The predicted octanol–water partition coefficient (Wildman–Crippen LogP) is -1.54. The van der Waals surface area contributed by atoms with Gasteiger partial charge in [0.25, 0.3) is 0 Å². The molecule has 1 atom stereocenters. The van der Waals surface area contributed by atoms with Crippen LogP contribution in [0.4, 0.5) is 0 Å². The molecule has 4 N–H and O–H groups in total. The molecule has 0 aliphatic rings. The van der Waals surface area contributed by atoms with Crippen LogP contribution in [-0.2, 0) is 9.59 Å². The normalized spacial score (nSPS) is 11.7. The fourth-order valence-corrected chi connectivity index (χ4v) is 0.465. The largest absolute Gasteiger partial charge is 0.479 e. The van der Waals surface area contributed by atoms with E-state index < -0.39 is 18.0 Å². The minimum absolute atomic E-state index is 0.212. The molecule has 0 rings (SSSR count). The smallest absolute Gasteiger partial charge is 0.333 e. The van der Waals surface area contributed by atoms with Crippen molar-refractivity contribution < 1.29 is 14.7 Å². The van der Waals surface area contributed by atoms with Crippen molar-refractivity contribution in [2.24, 2.45) is 5.73 Å². The summed E-state index contributed by atoms with van der Waals surface area (Å²) in [5.74, 6) is -1.78. The molecule has 6 nitrogen and oxygen atoms in total. The molecule has 0 aromatic heterocycles. The zero-order valence-corrected chi connectivity index (χ0v) is 5.94. The van der Waals surface area contributed by atoms with Crippen LogP contribution in [-0.4, -0.2) is 41.3 Å². The Morgan fingerprint density at radius 1 is 1.82 bits per heavy atom. The number of aliphatic carboxylic acids is 1. The Kier molecular flexibility index (Phi) is 3.03. The Morgan fingerprint density at radius 2 is 2.27 bits per heavy atom. The lowest BCUT2D eigenvalue weighted by atomic mass is 10.3. The highest BCUT2D eigenvalue weighted by atomic mass is 16.4. The lowest BCUT2D eigenvalue weighted by Crippen LogP contribution is -2.46. The summed E-state index contributed by atoms with van der Waals surface area (Å²) in [6.45, 7) is 0. The summed E-state index contributed by atoms with van der Waals surface area (Å²) in [5, 5.41) is 15.2. The Hall–Kier alpha value is -1.59. The summed E-state index contributed by atoms with van der Waals surface area (Å²) in [5.41, 5.74) is 4.94. The first-order valence-electron chi connectivity index (χ1n) is 2.75. The summed E-state index contributed by atoms with van der Waals surface area (Å²) in [4.78, 5) is 21.2. The van der Waals surface area contributed by atoms with Crippen LogP contribution in [0, 0.1) is 5.41 Å². The maximum atomic E-state index is 10.3. The SMILES string of the molecule is CN(C(=N)N)C(C=O)C(=O)O. The van der Waals surface area contributed by atoms with Gasteiger partial charge in [-0.2, -0.15) is 0 Å². The van der Waals surface area contributed by atoms with Gasteiger partial charge in [-0.1, -0.05) is 0 Å². The van der Waals surface area contributed by atoms with Crippen molar-refractivity contribution in [3.63, 3.8) is 0 Å². The van der Waals surface area contributed by atoms with E-state index in [0.29, 0.717) is 0 Å². The van der Waals surface area contributed by atoms with Crippen molar-refractivity contribution in [1.82, 2.24) is 4.90 Å². The number of carbonyl (C=O) groups is 2. The number of guanidine groups is 1. The molecule has 62 valence electrons. The molecule has 0 aliphatic heterocycles. The highest BCUT2D eigenvalue weighted by Gasteiger charge is 2.22. The summed E-state index contributed by atoms with van der Waals surface area (Å²) in [6, 6.07) is -1.37. The van der Waals surface area contributed by atoms with Crippen LogP contribution in [0.5, 0.6) is 0 Å². The number of hydrogen-bond donors (Lipinski definition) is 3. The lowest BCUT2D eigenvalue weighted by molar-refractivity contribution is -0.143. The number of nitrogens with zero attached hydrogens (tertiary/aromatic N) is 1. The molecular formula is C5H9N3O3. The third-order valence-corrected chi connectivity index (χ3v) is 1.18. The monoisotopic (exact) mass is 159 g/mol. The Morgan fingerprint density at radius 3 is 2.36 bits per heavy atom. The second kappa shape index (κ2) is 3.55. The number of carboxylic acid groups (broad SMARTS) is 1. The topological polar surface area (TPSA) is 107 Å². The first-order chi connectivity index (χ1) is 5.00. The third-order valence-electron chi connectivity index (χ3n) is 1.18. The molecule has 0 aromatic carbocycles. The molecule has 6 heteroatoms. The van der Waals surface area contributed by atoms with Crippen molar-refractivity contribution in [3.8, 4) is 0 Å². The zero-order chi connectivity index (χ0) is 9.02. The molecule has 11 heavy (non-hydrogen) atoms. The molecular weight excluding hydrogens is 150 g/mol. The van der Waals surface area contributed by atoms with E-state index in [1.54, 1.807) is 0 Å².